The number of pyridine rings is 2. The molecule has 0 saturated carbocycles. The third-order valence-electron chi connectivity index (χ3n) is 6.38. The number of tetrazole rings is 1. The van der Waals surface area contributed by atoms with Crippen molar-refractivity contribution >= 4 is 33.8 Å². The Hall–Kier alpha value is -4.64. The van der Waals surface area contributed by atoms with Gasteiger partial charge in [-0.15, -0.1) is 10.2 Å². The monoisotopic (exact) mass is 529 g/mol. The van der Waals surface area contributed by atoms with E-state index in [1.54, 1.807) is 42.5 Å². The molecular formula is C26H23ClN10O. The number of rotatable bonds is 5. The summed E-state index contributed by atoms with van der Waals surface area (Å²) in [6.07, 6.45) is 5.10. The molecule has 0 amide bonds. The summed E-state index contributed by atoms with van der Waals surface area (Å²) in [5.74, 6) is -0.000549. The minimum atomic E-state index is -2.60. The number of nitrogens with zero attached hydrogens (tertiary/aromatic N) is 9. The summed E-state index contributed by atoms with van der Waals surface area (Å²) in [4.78, 5) is 27.4. The van der Waals surface area contributed by atoms with Crippen LogP contribution in [0.2, 0.25) is 5.15 Å². The predicted molar refractivity (Wildman–Crippen MR) is 145 cm³/mol. The van der Waals surface area contributed by atoms with Gasteiger partial charge in [0.05, 0.1) is 29.6 Å². The maximum absolute atomic E-state index is 13.7. The Kier molecular flexibility index (Phi) is 4.85. The van der Waals surface area contributed by atoms with Gasteiger partial charge < -0.3 is 5.32 Å². The number of benzene rings is 1. The lowest BCUT2D eigenvalue weighted by atomic mass is 10.0. The van der Waals surface area contributed by atoms with Crippen molar-refractivity contribution in [1.29, 1.82) is 0 Å². The highest BCUT2D eigenvalue weighted by Gasteiger charge is 2.22. The molecule has 1 unspecified atom stereocenters. The number of aryl methyl sites for hydroxylation is 3. The summed E-state index contributed by atoms with van der Waals surface area (Å²) in [5.41, 5.74) is 5.08. The van der Waals surface area contributed by atoms with Gasteiger partial charge in [-0.3, -0.25) is 18.7 Å². The molecule has 0 bridgehead atoms. The third kappa shape index (κ3) is 3.88. The van der Waals surface area contributed by atoms with E-state index < -0.39 is 6.98 Å². The van der Waals surface area contributed by atoms with E-state index in [1.807, 2.05) is 42.5 Å². The molecule has 1 N–H and O–H groups in total. The van der Waals surface area contributed by atoms with E-state index in [1.165, 1.54) is 0 Å². The first-order valence-corrected chi connectivity index (χ1v) is 12.1. The Morgan fingerprint density at radius 2 is 2.05 bits per heavy atom. The first kappa shape index (κ1) is 20.4. The molecule has 0 aliphatic rings. The summed E-state index contributed by atoms with van der Waals surface area (Å²) in [6.45, 7) is 1.28. The number of hydrogen-bond donors (Lipinski definition) is 1. The van der Waals surface area contributed by atoms with Crippen LogP contribution in [0.5, 0.6) is 0 Å². The van der Waals surface area contributed by atoms with E-state index in [4.69, 9.17) is 15.7 Å². The molecule has 190 valence electrons. The number of anilines is 1. The molecule has 1 aromatic carbocycles. The molecule has 6 aromatic rings. The zero-order valence-corrected chi connectivity index (χ0v) is 21.3. The van der Waals surface area contributed by atoms with Crippen molar-refractivity contribution in [3.05, 3.63) is 81.8 Å². The van der Waals surface area contributed by atoms with Crippen LogP contribution in [0, 0.1) is 6.92 Å². The van der Waals surface area contributed by atoms with E-state index in [0.717, 1.165) is 16.7 Å². The lowest BCUT2D eigenvalue weighted by Crippen LogP contribution is -2.21. The van der Waals surface area contributed by atoms with E-state index >= 15 is 0 Å². The number of aromatic nitrogens is 9. The summed E-state index contributed by atoms with van der Waals surface area (Å²) < 4.78 is 26.2. The molecule has 0 aliphatic carbocycles. The average molecular weight is 530 g/mol. The molecule has 38 heavy (non-hydrogen) atoms. The maximum Gasteiger partial charge on any atom is 0.261 e. The fourth-order valence-electron chi connectivity index (χ4n) is 4.72. The Labute approximate surface area is 226 Å². The van der Waals surface area contributed by atoms with Gasteiger partial charge in [0, 0.05) is 29.1 Å². The van der Waals surface area contributed by atoms with Crippen LogP contribution in [0.3, 0.4) is 0 Å². The highest BCUT2D eigenvalue weighted by atomic mass is 35.5. The maximum atomic E-state index is 13.7. The van der Waals surface area contributed by atoms with Crippen molar-refractivity contribution in [2.45, 2.75) is 19.9 Å². The lowest BCUT2D eigenvalue weighted by molar-refractivity contribution is 0.630. The summed E-state index contributed by atoms with van der Waals surface area (Å²) in [6, 6.07) is 10.5. The summed E-state index contributed by atoms with van der Waals surface area (Å²) >= 11 is 6.18. The normalized spacial score (nSPS) is 13.8. The molecule has 11 nitrogen and oxygen atoms in total. The quantitative estimate of drug-likeness (QED) is 0.333. The minimum absolute atomic E-state index is 0.000549. The van der Waals surface area contributed by atoms with Crippen molar-refractivity contribution in [1.82, 2.24) is 44.1 Å². The molecule has 1 atom stereocenters. The van der Waals surface area contributed by atoms with Crippen molar-refractivity contribution in [2.24, 2.45) is 14.0 Å². The van der Waals surface area contributed by atoms with Crippen LogP contribution in [0.15, 0.2) is 59.9 Å². The van der Waals surface area contributed by atoms with E-state index in [9.17, 15) is 4.79 Å². The van der Waals surface area contributed by atoms with Crippen LogP contribution in [0.25, 0.3) is 39.3 Å². The highest BCUT2D eigenvalue weighted by Crippen LogP contribution is 2.33. The lowest BCUT2D eigenvalue weighted by Gasteiger charge is -2.21. The zero-order chi connectivity index (χ0) is 29.1. The molecule has 0 saturated heterocycles. The smallest absolute Gasteiger partial charge is 0.261 e. The second-order valence-corrected chi connectivity index (χ2v) is 9.33. The summed E-state index contributed by atoms with van der Waals surface area (Å²) in [5, 5.41) is 15.7. The van der Waals surface area contributed by atoms with Crippen LogP contribution in [0.4, 0.5) is 5.69 Å². The SMILES string of the molecule is [2H]C([2H])([2H])n1nnc(-c2nc(Cl)ccc2NC(C)c2cc(C)cc3c(=O)n(C)c4c(-c5cccnc5)ncn4c23)n1. The van der Waals surface area contributed by atoms with Crippen LogP contribution >= 0.6 is 11.6 Å². The number of halogens is 1. The Morgan fingerprint density at radius 3 is 2.82 bits per heavy atom. The number of hydrogen-bond acceptors (Lipinski definition) is 8. The van der Waals surface area contributed by atoms with Crippen LogP contribution < -0.4 is 10.9 Å². The topological polar surface area (TPSA) is 121 Å². The van der Waals surface area contributed by atoms with Gasteiger partial charge in [-0.2, -0.15) is 4.80 Å². The van der Waals surface area contributed by atoms with Gasteiger partial charge in [-0.25, -0.2) is 9.97 Å². The van der Waals surface area contributed by atoms with Gasteiger partial charge in [0.2, 0.25) is 5.82 Å². The molecule has 6 rings (SSSR count). The minimum Gasteiger partial charge on any atom is -0.377 e. The number of fused-ring (bicyclic) bond motifs is 3. The van der Waals surface area contributed by atoms with Crippen LogP contribution in [-0.4, -0.2) is 44.1 Å². The van der Waals surface area contributed by atoms with Crippen molar-refractivity contribution in [2.75, 3.05) is 5.32 Å². The van der Waals surface area contributed by atoms with Crippen molar-refractivity contribution in [3.63, 3.8) is 0 Å². The largest absolute Gasteiger partial charge is 0.377 e. The highest BCUT2D eigenvalue weighted by molar-refractivity contribution is 6.29. The van der Waals surface area contributed by atoms with E-state index in [-0.39, 0.29) is 28.3 Å². The standard InChI is InChI=1S/C26H23ClN10O/c1-14-10-17(15(2)30-19-7-8-20(27)31-22(19)24-32-34-36(4)33-24)23-18(11-14)26(38)35(3)25-21(29-13-37(23)25)16-6-5-9-28-12-16/h5-13,15,30H,1-4H3/i4D3. The Bertz CT molecular complexity index is 2000. The third-order valence-corrected chi connectivity index (χ3v) is 6.59. The predicted octanol–water partition coefficient (Wildman–Crippen LogP) is 3.97. The number of nitrogens with one attached hydrogen (secondary N) is 1. The van der Waals surface area contributed by atoms with Gasteiger partial charge in [0.15, 0.2) is 0 Å². The molecule has 0 radical (unpaired) electrons. The van der Waals surface area contributed by atoms with E-state index in [0.29, 0.717) is 32.7 Å². The van der Waals surface area contributed by atoms with Gasteiger partial charge in [0.25, 0.3) is 5.56 Å². The first-order valence-electron chi connectivity index (χ1n) is 13.2. The fraction of sp³-hybridized carbons (Fsp3) is 0.192. The van der Waals surface area contributed by atoms with Crippen LogP contribution in [-0.2, 0) is 14.0 Å². The molecular weight excluding hydrogens is 504 g/mol. The number of imidazole rings is 1. The van der Waals surface area contributed by atoms with Crippen molar-refractivity contribution < 1.29 is 4.11 Å². The molecule has 0 fully saturated rings. The average Bonchev–Trinajstić information content (AvgIpc) is 3.61. The van der Waals surface area contributed by atoms with Crippen LogP contribution in [0.1, 0.15) is 28.2 Å². The first-order chi connectivity index (χ1) is 19.5. The van der Waals surface area contributed by atoms with Gasteiger partial charge >= 0.3 is 0 Å². The molecule has 5 aromatic heterocycles. The van der Waals surface area contributed by atoms with Gasteiger partial charge in [0.1, 0.15) is 28.5 Å². The Morgan fingerprint density at radius 1 is 1.18 bits per heavy atom. The van der Waals surface area contributed by atoms with Gasteiger partial charge in [-0.1, -0.05) is 17.7 Å². The summed E-state index contributed by atoms with van der Waals surface area (Å²) in [7, 11) is 1.73. The van der Waals surface area contributed by atoms with Gasteiger partial charge in [-0.05, 0) is 60.5 Å². The zero-order valence-electron chi connectivity index (χ0n) is 23.6. The Balaban J connectivity index is 1.51. The molecule has 0 spiro atoms. The molecule has 5 heterocycles. The second kappa shape index (κ2) is 9.03. The van der Waals surface area contributed by atoms with E-state index in [2.05, 4.69) is 35.7 Å². The fourth-order valence-corrected chi connectivity index (χ4v) is 4.87. The molecule has 12 heteroatoms. The molecule has 0 aliphatic heterocycles. The van der Waals surface area contributed by atoms with Crippen molar-refractivity contribution in [3.8, 4) is 22.8 Å². The second-order valence-electron chi connectivity index (χ2n) is 8.94.